The lowest BCUT2D eigenvalue weighted by Gasteiger charge is -2.18. The maximum Gasteiger partial charge on any atom is 0.336 e. The lowest BCUT2D eigenvalue weighted by Crippen LogP contribution is -2.26. The highest BCUT2D eigenvalue weighted by molar-refractivity contribution is 7.82. The van der Waals surface area contributed by atoms with E-state index in [1.165, 1.54) is 18.2 Å². The number of aryl methyl sites for hydroxylation is 2. The van der Waals surface area contributed by atoms with Crippen LogP contribution in [0, 0.1) is 19.7 Å². The number of nitrogens with zero attached hydrogens (tertiary/aromatic N) is 1. The number of hydrogen-bond donors (Lipinski definition) is 3. The van der Waals surface area contributed by atoms with Crippen LogP contribution in [0.15, 0.2) is 60.7 Å². The monoisotopic (exact) mass is 443 g/mol. The van der Waals surface area contributed by atoms with Crippen LogP contribution in [0.4, 0.5) is 26.2 Å². The van der Waals surface area contributed by atoms with Crippen molar-refractivity contribution in [1.82, 2.24) is 0 Å². The molecule has 3 amide bonds. The van der Waals surface area contributed by atoms with Gasteiger partial charge in [-0.2, -0.15) is 0 Å². The van der Waals surface area contributed by atoms with Crippen LogP contribution in [-0.2, 0) is 0 Å². The minimum absolute atomic E-state index is 0.0482. The van der Waals surface area contributed by atoms with E-state index in [1.807, 2.05) is 6.92 Å². The Morgan fingerprint density at radius 1 is 0.967 bits per heavy atom. The molecule has 30 heavy (non-hydrogen) atoms. The molecule has 0 unspecified atom stereocenters. The Balaban J connectivity index is 1.72. The normalized spacial score (nSPS) is 10.4. The van der Waals surface area contributed by atoms with Crippen LogP contribution in [-0.4, -0.2) is 11.9 Å². The third kappa shape index (κ3) is 4.93. The van der Waals surface area contributed by atoms with Crippen LogP contribution >= 0.6 is 24.4 Å². The standard InChI is InChI=1S/C22H19ClFN3O2S/c1-13-7-8-15(12-18(13)23)25-22(29)27(30)16-9-10-20(14(2)11-16)26-21(28)17-5-3-4-6-19(17)24/h3-12,30H,1-2H3,(H,25,29)(H,26,28). The van der Waals surface area contributed by atoms with Gasteiger partial charge >= 0.3 is 6.03 Å². The number of nitrogens with one attached hydrogen (secondary N) is 2. The summed E-state index contributed by atoms with van der Waals surface area (Å²) in [6, 6.07) is 15.4. The molecule has 0 aliphatic rings. The molecule has 0 spiro atoms. The van der Waals surface area contributed by atoms with E-state index in [1.54, 1.807) is 49.4 Å². The fraction of sp³-hybridized carbons (Fsp3) is 0.0909. The Morgan fingerprint density at radius 2 is 1.70 bits per heavy atom. The molecule has 154 valence electrons. The predicted octanol–water partition coefficient (Wildman–Crippen LogP) is 6.23. The van der Waals surface area contributed by atoms with Crippen molar-refractivity contribution >= 4 is 53.4 Å². The van der Waals surface area contributed by atoms with Gasteiger partial charge < -0.3 is 10.6 Å². The molecule has 3 aromatic rings. The number of anilines is 3. The van der Waals surface area contributed by atoms with Crippen LogP contribution in [0.25, 0.3) is 0 Å². The fourth-order valence-electron chi connectivity index (χ4n) is 2.72. The summed E-state index contributed by atoms with van der Waals surface area (Å²) in [4.78, 5) is 24.8. The van der Waals surface area contributed by atoms with Crippen molar-refractivity contribution in [3.8, 4) is 0 Å². The van der Waals surface area contributed by atoms with Crippen molar-refractivity contribution in [2.75, 3.05) is 14.9 Å². The first-order chi connectivity index (χ1) is 14.3. The summed E-state index contributed by atoms with van der Waals surface area (Å²) in [5.41, 5.74) is 3.08. The number of benzene rings is 3. The quantitative estimate of drug-likeness (QED) is 0.418. The molecule has 0 atom stereocenters. The highest BCUT2D eigenvalue weighted by atomic mass is 35.5. The molecule has 0 aliphatic heterocycles. The summed E-state index contributed by atoms with van der Waals surface area (Å²) >= 11 is 10.4. The first-order valence-electron chi connectivity index (χ1n) is 8.99. The number of hydrogen-bond acceptors (Lipinski definition) is 3. The molecule has 0 aromatic heterocycles. The third-order valence-electron chi connectivity index (χ3n) is 4.44. The summed E-state index contributed by atoms with van der Waals surface area (Å²) < 4.78 is 14.9. The average Bonchev–Trinajstić information content (AvgIpc) is 2.72. The smallest absolute Gasteiger partial charge is 0.322 e. The number of thiol groups is 1. The Hall–Kier alpha value is -3.03. The van der Waals surface area contributed by atoms with Gasteiger partial charge in [0.2, 0.25) is 0 Å². The van der Waals surface area contributed by atoms with Gasteiger partial charge in [-0.1, -0.05) is 42.6 Å². The third-order valence-corrected chi connectivity index (χ3v) is 5.26. The van der Waals surface area contributed by atoms with Gasteiger partial charge in [-0.15, -0.1) is 0 Å². The number of carbonyl (C=O) groups excluding carboxylic acids is 2. The maximum atomic E-state index is 13.8. The zero-order valence-electron chi connectivity index (χ0n) is 16.2. The summed E-state index contributed by atoms with van der Waals surface area (Å²) in [6.45, 7) is 3.63. The van der Waals surface area contributed by atoms with Crippen LogP contribution < -0.4 is 14.9 Å². The first-order valence-corrected chi connectivity index (χ1v) is 9.76. The lowest BCUT2D eigenvalue weighted by atomic mass is 10.1. The lowest BCUT2D eigenvalue weighted by molar-refractivity contribution is 0.102. The van der Waals surface area contributed by atoms with Gasteiger partial charge in [-0.05, 0) is 67.4 Å². The van der Waals surface area contributed by atoms with Gasteiger partial charge in [0, 0.05) is 16.4 Å². The summed E-state index contributed by atoms with van der Waals surface area (Å²) in [6.07, 6.45) is 0. The van der Waals surface area contributed by atoms with Crippen LogP contribution in [0.3, 0.4) is 0 Å². The zero-order chi connectivity index (χ0) is 21.8. The second-order valence-electron chi connectivity index (χ2n) is 6.64. The Bertz CT molecular complexity index is 1120. The number of halogens is 2. The van der Waals surface area contributed by atoms with Crippen LogP contribution in [0.1, 0.15) is 21.5 Å². The van der Waals surface area contributed by atoms with E-state index in [2.05, 4.69) is 23.4 Å². The molecule has 3 aromatic carbocycles. The van der Waals surface area contributed by atoms with E-state index in [4.69, 9.17) is 11.6 Å². The van der Waals surface area contributed by atoms with E-state index >= 15 is 0 Å². The second kappa shape index (κ2) is 9.19. The van der Waals surface area contributed by atoms with Crippen molar-refractivity contribution in [2.24, 2.45) is 0 Å². The van der Waals surface area contributed by atoms with Crippen molar-refractivity contribution in [1.29, 1.82) is 0 Å². The summed E-state index contributed by atoms with van der Waals surface area (Å²) in [5, 5.41) is 5.94. The molecule has 0 fully saturated rings. The molecule has 0 radical (unpaired) electrons. The van der Waals surface area contributed by atoms with Gasteiger partial charge in [-0.25, -0.2) is 13.5 Å². The molecular weight excluding hydrogens is 425 g/mol. The van der Waals surface area contributed by atoms with Crippen molar-refractivity contribution in [2.45, 2.75) is 13.8 Å². The molecule has 0 saturated carbocycles. The molecule has 0 heterocycles. The molecule has 0 aliphatic carbocycles. The zero-order valence-corrected chi connectivity index (χ0v) is 17.9. The molecule has 0 saturated heterocycles. The van der Waals surface area contributed by atoms with Crippen molar-refractivity contribution in [3.63, 3.8) is 0 Å². The van der Waals surface area contributed by atoms with Gasteiger partial charge in [0.15, 0.2) is 0 Å². The van der Waals surface area contributed by atoms with Gasteiger partial charge in [0.1, 0.15) is 5.82 Å². The highest BCUT2D eigenvalue weighted by Crippen LogP contribution is 2.26. The van der Waals surface area contributed by atoms with Gasteiger partial charge in [0.05, 0.1) is 11.3 Å². The molecule has 2 N–H and O–H groups in total. The second-order valence-corrected chi connectivity index (χ2v) is 7.45. The molecule has 5 nitrogen and oxygen atoms in total. The van der Waals surface area contributed by atoms with Crippen LogP contribution in [0.2, 0.25) is 5.02 Å². The molecular formula is C22H19ClFN3O2S. The SMILES string of the molecule is Cc1ccc(NC(=O)N(S)c2ccc(NC(=O)c3ccccc3F)c(C)c2)cc1Cl. The van der Waals surface area contributed by atoms with Gasteiger partial charge in [-0.3, -0.25) is 4.79 Å². The predicted molar refractivity (Wildman–Crippen MR) is 122 cm³/mol. The molecule has 8 heteroatoms. The Kier molecular flexibility index (Phi) is 6.64. The largest absolute Gasteiger partial charge is 0.336 e. The van der Waals surface area contributed by atoms with Crippen molar-refractivity contribution in [3.05, 3.63) is 88.2 Å². The minimum atomic E-state index is -0.598. The Morgan fingerprint density at radius 3 is 2.37 bits per heavy atom. The molecule has 0 bridgehead atoms. The number of rotatable bonds is 4. The van der Waals surface area contributed by atoms with E-state index in [0.29, 0.717) is 27.6 Å². The average molecular weight is 444 g/mol. The number of urea groups is 1. The molecule has 3 rings (SSSR count). The van der Waals surface area contributed by atoms with E-state index in [-0.39, 0.29) is 5.56 Å². The van der Waals surface area contributed by atoms with Crippen molar-refractivity contribution < 1.29 is 14.0 Å². The van der Waals surface area contributed by atoms with Crippen LogP contribution in [0.5, 0.6) is 0 Å². The van der Waals surface area contributed by atoms with Gasteiger partial charge in [0.25, 0.3) is 5.91 Å². The maximum absolute atomic E-state index is 13.8. The topological polar surface area (TPSA) is 61.4 Å². The Labute approximate surface area is 184 Å². The first kappa shape index (κ1) is 21.7. The summed E-state index contributed by atoms with van der Waals surface area (Å²) in [5.74, 6) is -1.15. The van der Waals surface area contributed by atoms with E-state index in [9.17, 15) is 14.0 Å². The van der Waals surface area contributed by atoms with E-state index < -0.39 is 17.8 Å². The van der Waals surface area contributed by atoms with E-state index in [0.717, 1.165) is 9.87 Å². The fourth-order valence-corrected chi connectivity index (χ4v) is 3.07. The minimum Gasteiger partial charge on any atom is -0.322 e. The summed E-state index contributed by atoms with van der Waals surface area (Å²) in [7, 11) is 0. The number of carbonyl (C=O) groups is 2. The number of amides is 3. The highest BCUT2D eigenvalue weighted by Gasteiger charge is 2.16.